The van der Waals surface area contributed by atoms with Crippen LogP contribution < -0.4 is 10.1 Å². The number of hydrogen-bond acceptors (Lipinski definition) is 3. The number of ether oxygens (including phenoxy) is 1. The third-order valence-corrected chi connectivity index (χ3v) is 5.80. The third-order valence-electron chi connectivity index (χ3n) is 5.20. The van der Waals surface area contributed by atoms with E-state index < -0.39 is 6.04 Å². The molecule has 2 aromatic carbocycles. The van der Waals surface area contributed by atoms with Crippen LogP contribution in [0.2, 0.25) is 5.02 Å². The molecule has 0 fully saturated rings. The predicted octanol–water partition coefficient (Wildman–Crippen LogP) is 4.98. The Labute approximate surface area is 190 Å². The fraction of sp³-hybridized carbons (Fsp3) is 0.440. The van der Waals surface area contributed by atoms with Gasteiger partial charge in [-0.25, -0.2) is 0 Å². The summed E-state index contributed by atoms with van der Waals surface area (Å²) in [5, 5.41) is 3.61. The maximum Gasteiger partial charge on any atom is 0.261 e. The van der Waals surface area contributed by atoms with Gasteiger partial charge < -0.3 is 15.0 Å². The normalized spacial score (nSPS) is 11.7. The standard InChI is InChI=1S/C25H33ClN2O3/c1-6-7-11-27-25(30)20(5)28(15-21-10-8-9-17(2)12-21)23(29)16-31-22-13-18(3)24(26)19(4)14-22/h8-10,12-14,20H,6-7,11,15-16H2,1-5H3,(H,27,30). The molecule has 0 heterocycles. The maximum absolute atomic E-state index is 13.1. The Morgan fingerprint density at radius 3 is 2.42 bits per heavy atom. The van der Waals surface area contributed by atoms with Crippen LogP contribution in [0.25, 0.3) is 0 Å². The van der Waals surface area contributed by atoms with Gasteiger partial charge in [0.05, 0.1) is 0 Å². The van der Waals surface area contributed by atoms with Gasteiger partial charge in [-0.3, -0.25) is 9.59 Å². The van der Waals surface area contributed by atoms with Crippen molar-refractivity contribution in [2.24, 2.45) is 0 Å². The lowest BCUT2D eigenvalue weighted by molar-refractivity contribution is -0.142. The second-order valence-corrected chi connectivity index (χ2v) is 8.37. The van der Waals surface area contributed by atoms with E-state index in [4.69, 9.17) is 16.3 Å². The zero-order valence-corrected chi connectivity index (χ0v) is 19.9. The highest BCUT2D eigenvalue weighted by Gasteiger charge is 2.26. The Balaban J connectivity index is 2.15. The highest BCUT2D eigenvalue weighted by Crippen LogP contribution is 2.26. The van der Waals surface area contributed by atoms with Crippen molar-refractivity contribution in [3.05, 3.63) is 63.7 Å². The second-order valence-electron chi connectivity index (χ2n) is 7.99. The van der Waals surface area contributed by atoms with Gasteiger partial charge in [-0.05, 0) is 62.9 Å². The fourth-order valence-corrected chi connectivity index (χ4v) is 3.45. The van der Waals surface area contributed by atoms with Gasteiger partial charge in [-0.2, -0.15) is 0 Å². The summed E-state index contributed by atoms with van der Waals surface area (Å²) in [5.74, 6) is 0.181. The van der Waals surface area contributed by atoms with Crippen LogP contribution in [0.4, 0.5) is 0 Å². The van der Waals surface area contributed by atoms with Gasteiger partial charge in [-0.15, -0.1) is 0 Å². The first-order chi connectivity index (χ1) is 14.7. The summed E-state index contributed by atoms with van der Waals surface area (Å²) in [6.45, 7) is 10.4. The molecule has 31 heavy (non-hydrogen) atoms. The SMILES string of the molecule is CCCCNC(=O)C(C)N(Cc1cccc(C)c1)C(=O)COc1cc(C)c(Cl)c(C)c1. The largest absolute Gasteiger partial charge is 0.484 e. The molecule has 0 bridgehead atoms. The Kier molecular flexibility index (Phi) is 9.38. The van der Waals surface area contributed by atoms with Crippen molar-refractivity contribution in [2.45, 2.75) is 60.0 Å². The van der Waals surface area contributed by atoms with Crippen molar-refractivity contribution >= 4 is 23.4 Å². The van der Waals surface area contributed by atoms with Gasteiger partial charge in [-0.1, -0.05) is 54.8 Å². The van der Waals surface area contributed by atoms with Gasteiger partial charge >= 0.3 is 0 Å². The van der Waals surface area contributed by atoms with Crippen LogP contribution in [0, 0.1) is 20.8 Å². The van der Waals surface area contributed by atoms with Crippen molar-refractivity contribution in [1.82, 2.24) is 10.2 Å². The number of nitrogens with zero attached hydrogens (tertiary/aromatic N) is 1. The van der Waals surface area contributed by atoms with Crippen molar-refractivity contribution in [3.63, 3.8) is 0 Å². The number of amides is 2. The molecular weight excluding hydrogens is 412 g/mol. The monoisotopic (exact) mass is 444 g/mol. The smallest absolute Gasteiger partial charge is 0.261 e. The molecule has 0 aliphatic rings. The predicted molar refractivity (Wildman–Crippen MR) is 126 cm³/mol. The number of hydrogen-bond donors (Lipinski definition) is 1. The summed E-state index contributed by atoms with van der Waals surface area (Å²) in [6, 6.07) is 11.0. The molecule has 2 aromatic rings. The topological polar surface area (TPSA) is 58.6 Å². The van der Waals surface area contributed by atoms with Gasteiger partial charge in [0, 0.05) is 18.1 Å². The molecule has 0 spiro atoms. The summed E-state index contributed by atoms with van der Waals surface area (Å²) >= 11 is 6.22. The molecule has 0 aliphatic carbocycles. The Morgan fingerprint density at radius 1 is 1.13 bits per heavy atom. The number of halogens is 1. The van der Waals surface area contributed by atoms with Gasteiger partial charge in [0.1, 0.15) is 11.8 Å². The van der Waals surface area contributed by atoms with Crippen molar-refractivity contribution in [2.75, 3.05) is 13.2 Å². The molecule has 1 unspecified atom stereocenters. The molecule has 168 valence electrons. The van der Waals surface area contributed by atoms with E-state index in [9.17, 15) is 9.59 Å². The molecule has 0 saturated heterocycles. The Morgan fingerprint density at radius 2 is 1.81 bits per heavy atom. The van der Waals surface area contributed by atoms with E-state index in [0.717, 1.165) is 35.1 Å². The molecular formula is C25H33ClN2O3. The summed E-state index contributed by atoms with van der Waals surface area (Å²) in [4.78, 5) is 27.3. The second kappa shape index (κ2) is 11.8. The highest BCUT2D eigenvalue weighted by molar-refractivity contribution is 6.32. The van der Waals surface area contributed by atoms with E-state index in [1.807, 2.05) is 57.2 Å². The molecule has 0 aromatic heterocycles. The first-order valence-electron chi connectivity index (χ1n) is 10.7. The summed E-state index contributed by atoms with van der Waals surface area (Å²) < 4.78 is 5.77. The average molecular weight is 445 g/mol. The fourth-order valence-electron chi connectivity index (χ4n) is 3.34. The van der Waals surface area contributed by atoms with Crippen LogP contribution in [-0.4, -0.2) is 35.9 Å². The molecule has 1 atom stereocenters. The van der Waals surface area contributed by atoms with E-state index in [1.54, 1.807) is 11.8 Å². The Bertz CT molecular complexity index is 890. The lowest BCUT2D eigenvalue weighted by atomic mass is 10.1. The van der Waals surface area contributed by atoms with Gasteiger partial charge in [0.15, 0.2) is 6.61 Å². The molecule has 5 nitrogen and oxygen atoms in total. The van der Waals surface area contributed by atoms with E-state index in [1.165, 1.54) is 0 Å². The van der Waals surface area contributed by atoms with Gasteiger partial charge in [0.2, 0.25) is 5.91 Å². The number of benzene rings is 2. The molecule has 0 radical (unpaired) electrons. The zero-order valence-electron chi connectivity index (χ0n) is 19.1. The van der Waals surface area contributed by atoms with E-state index in [-0.39, 0.29) is 18.4 Å². The average Bonchev–Trinajstić information content (AvgIpc) is 2.73. The number of nitrogens with one attached hydrogen (secondary N) is 1. The number of carbonyl (C=O) groups excluding carboxylic acids is 2. The minimum Gasteiger partial charge on any atom is -0.484 e. The first-order valence-corrected chi connectivity index (χ1v) is 11.1. The lowest BCUT2D eigenvalue weighted by Gasteiger charge is -2.29. The van der Waals surface area contributed by atoms with Crippen LogP contribution in [0.1, 0.15) is 48.9 Å². The first kappa shape index (κ1) is 24.7. The summed E-state index contributed by atoms with van der Waals surface area (Å²) in [6.07, 6.45) is 1.90. The van der Waals surface area contributed by atoms with Crippen molar-refractivity contribution in [3.8, 4) is 5.75 Å². The van der Waals surface area contributed by atoms with Crippen molar-refractivity contribution < 1.29 is 14.3 Å². The molecule has 0 aliphatic heterocycles. The number of rotatable bonds is 10. The van der Waals surface area contributed by atoms with Crippen molar-refractivity contribution in [1.29, 1.82) is 0 Å². The quantitative estimate of drug-likeness (QED) is 0.526. The lowest BCUT2D eigenvalue weighted by Crippen LogP contribution is -2.49. The van der Waals surface area contributed by atoms with E-state index in [2.05, 4.69) is 12.2 Å². The van der Waals surface area contributed by atoms with Crippen LogP contribution in [0.3, 0.4) is 0 Å². The van der Waals surface area contributed by atoms with Crippen LogP contribution in [0.5, 0.6) is 5.75 Å². The van der Waals surface area contributed by atoms with E-state index >= 15 is 0 Å². The number of carbonyl (C=O) groups is 2. The Hall–Kier alpha value is -2.53. The molecule has 1 N–H and O–H groups in total. The summed E-state index contributed by atoms with van der Waals surface area (Å²) in [5.41, 5.74) is 3.86. The minimum atomic E-state index is -0.609. The number of aryl methyl sites for hydroxylation is 3. The summed E-state index contributed by atoms with van der Waals surface area (Å²) in [7, 11) is 0. The van der Waals surface area contributed by atoms with Crippen LogP contribution >= 0.6 is 11.6 Å². The molecule has 2 amide bonds. The molecule has 2 rings (SSSR count). The van der Waals surface area contributed by atoms with Crippen LogP contribution in [-0.2, 0) is 16.1 Å². The third kappa shape index (κ3) is 7.28. The minimum absolute atomic E-state index is 0.154. The van der Waals surface area contributed by atoms with E-state index in [0.29, 0.717) is 23.9 Å². The maximum atomic E-state index is 13.1. The number of unbranched alkanes of at least 4 members (excludes halogenated alkanes) is 1. The molecule has 6 heteroatoms. The zero-order chi connectivity index (χ0) is 23.0. The van der Waals surface area contributed by atoms with Gasteiger partial charge in [0.25, 0.3) is 5.91 Å². The molecule has 0 saturated carbocycles. The van der Waals surface area contributed by atoms with Crippen LogP contribution in [0.15, 0.2) is 36.4 Å². The highest BCUT2D eigenvalue weighted by atomic mass is 35.5.